The van der Waals surface area contributed by atoms with Crippen molar-refractivity contribution in [2.45, 2.75) is 32.4 Å². The van der Waals surface area contributed by atoms with Gasteiger partial charge < -0.3 is 19.5 Å². The number of aromatic amines is 1. The lowest BCUT2D eigenvalue weighted by molar-refractivity contribution is 0.0926. The van der Waals surface area contributed by atoms with Crippen molar-refractivity contribution in [3.05, 3.63) is 53.6 Å². The van der Waals surface area contributed by atoms with Gasteiger partial charge in [0.05, 0.1) is 31.1 Å². The van der Waals surface area contributed by atoms with Crippen LogP contribution in [0.1, 0.15) is 24.6 Å². The van der Waals surface area contributed by atoms with E-state index in [9.17, 15) is 4.39 Å². The summed E-state index contributed by atoms with van der Waals surface area (Å²) in [5.41, 5.74) is 4.51. The molecular formula is C22H25FN4O. The van der Waals surface area contributed by atoms with E-state index in [0.29, 0.717) is 6.04 Å². The molecule has 1 atom stereocenters. The summed E-state index contributed by atoms with van der Waals surface area (Å²) in [6.07, 6.45) is 3.96. The molecular weight excluding hydrogens is 355 g/mol. The van der Waals surface area contributed by atoms with Gasteiger partial charge in [0.1, 0.15) is 11.6 Å². The number of nitrogens with one attached hydrogen (secondary N) is 1. The highest BCUT2D eigenvalue weighted by Crippen LogP contribution is 2.31. The van der Waals surface area contributed by atoms with Crippen molar-refractivity contribution in [1.29, 1.82) is 0 Å². The zero-order valence-corrected chi connectivity index (χ0v) is 16.1. The standard InChI is InChI=1S/C22H25FN4O/c1-2-16-14-28-10-9-27(16)22-6-4-17(12-24-22)26-8-7-20-19(13-26)18-5-3-15(23)11-21(18)25-20/h3-6,11-12,16,25H,2,7-10,13-14H2,1H3/t16-/m1/s1. The molecule has 2 aromatic heterocycles. The third-order valence-electron chi connectivity index (χ3n) is 6.03. The number of aromatic nitrogens is 2. The number of fused-ring (bicyclic) bond motifs is 3. The van der Waals surface area contributed by atoms with Crippen molar-refractivity contribution < 1.29 is 9.13 Å². The van der Waals surface area contributed by atoms with Crippen molar-refractivity contribution in [1.82, 2.24) is 9.97 Å². The van der Waals surface area contributed by atoms with Gasteiger partial charge in [-0.1, -0.05) is 6.92 Å². The number of morpholine rings is 1. The first-order chi connectivity index (χ1) is 13.7. The number of H-pyrrole nitrogens is 1. The van der Waals surface area contributed by atoms with E-state index >= 15 is 0 Å². The Balaban J connectivity index is 1.38. The van der Waals surface area contributed by atoms with Crippen LogP contribution in [0.3, 0.4) is 0 Å². The third-order valence-corrected chi connectivity index (χ3v) is 6.03. The normalized spacial score (nSPS) is 19.9. The fourth-order valence-electron chi connectivity index (χ4n) is 4.44. The topological polar surface area (TPSA) is 44.4 Å². The molecule has 0 radical (unpaired) electrons. The van der Waals surface area contributed by atoms with Gasteiger partial charge in [0.15, 0.2) is 0 Å². The number of nitrogens with zero attached hydrogens (tertiary/aromatic N) is 3. The van der Waals surface area contributed by atoms with E-state index in [1.54, 1.807) is 6.07 Å². The predicted octanol–water partition coefficient (Wildman–Crippen LogP) is 3.88. The zero-order chi connectivity index (χ0) is 19.1. The minimum absolute atomic E-state index is 0.198. The van der Waals surface area contributed by atoms with Gasteiger partial charge >= 0.3 is 0 Å². The first kappa shape index (κ1) is 17.5. The quantitative estimate of drug-likeness (QED) is 0.749. The Morgan fingerprint density at radius 3 is 3.00 bits per heavy atom. The Kier molecular flexibility index (Phi) is 4.43. The van der Waals surface area contributed by atoms with Crippen LogP contribution in [0.15, 0.2) is 36.5 Å². The van der Waals surface area contributed by atoms with Crippen LogP contribution < -0.4 is 9.80 Å². The monoisotopic (exact) mass is 380 g/mol. The minimum atomic E-state index is -0.198. The molecule has 0 saturated carbocycles. The molecule has 28 heavy (non-hydrogen) atoms. The summed E-state index contributed by atoms with van der Waals surface area (Å²) in [5, 5.41) is 1.12. The highest BCUT2D eigenvalue weighted by molar-refractivity contribution is 5.85. The van der Waals surface area contributed by atoms with Gasteiger partial charge in [-0.15, -0.1) is 0 Å². The maximum Gasteiger partial charge on any atom is 0.129 e. The molecule has 6 heteroatoms. The lowest BCUT2D eigenvalue weighted by atomic mass is 10.0. The molecule has 1 saturated heterocycles. The van der Waals surface area contributed by atoms with E-state index in [0.717, 1.165) is 68.1 Å². The SMILES string of the molecule is CC[C@@H]1COCCN1c1ccc(N2CCc3[nH]c4cc(F)ccc4c3C2)cn1. The number of rotatable bonds is 3. The lowest BCUT2D eigenvalue weighted by Gasteiger charge is -2.36. The van der Waals surface area contributed by atoms with E-state index in [2.05, 4.69) is 33.8 Å². The average Bonchev–Trinajstić information content (AvgIpc) is 3.10. The molecule has 3 aromatic rings. The number of hydrogen-bond donors (Lipinski definition) is 1. The molecule has 2 aliphatic rings. The van der Waals surface area contributed by atoms with Gasteiger partial charge in [-0.3, -0.25) is 0 Å². The summed E-state index contributed by atoms with van der Waals surface area (Å²) in [7, 11) is 0. The smallest absolute Gasteiger partial charge is 0.129 e. The predicted molar refractivity (Wildman–Crippen MR) is 109 cm³/mol. The summed E-state index contributed by atoms with van der Waals surface area (Å²) < 4.78 is 19.1. The molecule has 0 unspecified atom stereocenters. The van der Waals surface area contributed by atoms with E-state index in [4.69, 9.17) is 9.72 Å². The fraction of sp³-hybridized carbons (Fsp3) is 0.409. The number of halogens is 1. The molecule has 5 rings (SSSR count). The second kappa shape index (κ2) is 7.09. The average molecular weight is 380 g/mol. The summed E-state index contributed by atoms with van der Waals surface area (Å²) >= 11 is 0. The van der Waals surface area contributed by atoms with Crippen LogP contribution >= 0.6 is 0 Å². The van der Waals surface area contributed by atoms with Crippen LogP contribution in [0.25, 0.3) is 10.9 Å². The lowest BCUT2D eigenvalue weighted by Crippen LogP contribution is -2.45. The Bertz CT molecular complexity index is 984. The molecule has 5 nitrogen and oxygen atoms in total. The summed E-state index contributed by atoms with van der Waals surface area (Å²) in [5.74, 6) is 0.829. The fourth-order valence-corrected chi connectivity index (χ4v) is 4.44. The molecule has 4 heterocycles. The van der Waals surface area contributed by atoms with Crippen molar-refractivity contribution in [2.24, 2.45) is 0 Å². The van der Waals surface area contributed by atoms with Crippen molar-refractivity contribution in [2.75, 3.05) is 36.1 Å². The first-order valence-corrected chi connectivity index (χ1v) is 10.1. The maximum atomic E-state index is 13.5. The third kappa shape index (κ3) is 3.02. The maximum absolute atomic E-state index is 13.5. The van der Waals surface area contributed by atoms with E-state index in [-0.39, 0.29) is 5.82 Å². The van der Waals surface area contributed by atoms with Crippen LogP contribution in [-0.4, -0.2) is 42.3 Å². The van der Waals surface area contributed by atoms with Crippen molar-refractivity contribution in [3.63, 3.8) is 0 Å². The van der Waals surface area contributed by atoms with Gasteiger partial charge in [-0.05, 0) is 36.8 Å². The summed E-state index contributed by atoms with van der Waals surface area (Å²) in [6, 6.07) is 9.71. The molecule has 0 spiro atoms. The number of pyridine rings is 1. The van der Waals surface area contributed by atoms with Gasteiger partial charge in [-0.2, -0.15) is 0 Å². The Hall–Kier alpha value is -2.60. The largest absolute Gasteiger partial charge is 0.377 e. The number of ether oxygens (including phenoxy) is 1. The van der Waals surface area contributed by atoms with Gasteiger partial charge in [0.2, 0.25) is 0 Å². The van der Waals surface area contributed by atoms with Crippen molar-refractivity contribution >= 4 is 22.4 Å². The van der Waals surface area contributed by atoms with Crippen LogP contribution in [0, 0.1) is 5.82 Å². The minimum Gasteiger partial charge on any atom is -0.377 e. The Labute approximate surface area is 164 Å². The van der Waals surface area contributed by atoms with Gasteiger partial charge in [0.25, 0.3) is 0 Å². The van der Waals surface area contributed by atoms with Crippen LogP contribution in [0.5, 0.6) is 0 Å². The molecule has 146 valence electrons. The number of anilines is 2. The second-order valence-corrected chi connectivity index (χ2v) is 7.65. The highest BCUT2D eigenvalue weighted by Gasteiger charge is 2.24. The summed E-state index contributed by atoms with van der Waals surface area (Å²) in [6.45, 7) is 6.37. The number of benzene rings is 1. The Morgan fingerprint density at radius 1 is 1.25 bits per heavy atom. The molecule has 0 amide bonds. The van der Waals surface area contributed by atoms with Crippen molar-refractivity contribution in [3.8, 4) is 0 Å². The van der Waals surface area contributed by atoms with Gasteiger partial charge in [-0.25, -0.2) is 9.37 Å². The second-order valence-electron chi connectivity index (χ2n) is 7.65. The zero-order valence-electron chi connectivity index (χ0n) is 16.1. The molecule has 0 aliphatic carbocycles. The van der Waals surface area contributed by atoms with Gasteiger partial charge in [0, 0.05) is 48.2 Å². The van der Waals surface area contributed by atoms with E-state index in [1.165, 1.54) is 17.3 Å². The van der Waals surface area contributed by atoms with Crippen LogP contribution in [0.2, 0.25) is 0 Å². The highest BCUT2D eigenvalue weighted by atomic mass is 19.1. The first-order valence-electron chi connectivity index (χ1n) is 10.1. The molecule has 0 bridgehead atoms. The summed E-state index contributed by atoms with van der Waals surface area (Å²) in [4.78, 5) is 12.9. The van der Waals surface area contributed by atoms with E-state index < -0.39 is 0 Å². The molecule has 1 N–H and O–H groups in total. The molecule has 2 aliphatic heterocycles. The number of hydrogen-bond acceptors (Lipinski definition) is 4. The van der Waals surface area contributed by atoms with Crippen LogP contribution in [-0.2, 0) is 17.7 Å². The van der Waals surface area contributed by atoms with Crippen LogP contribution in [0.4, 0.5) is 15.9 Å². The van der Waals surface area contributed by atoms with E-state index in [1.807, 2.05) is 12.3 Å². The Morgan fingerprint density at radius 2 is 2.18 bits per heavy atom. The molecule has 1 fully saturated rings. The molecule has 1 aromatic carbocycles.